The summed E-state index contributed by atoms with van der Waals surface area (Å²) in [6.07, 6.45) is 4.35. The standard InChI is InChI=1S/C29H31N7O2/c1-22-9-6-10-23(2)27(22)35-29(30-31-32-35)28(25-14-7-15-26(21-25)36(37)38)34-19-17-33(18-20-34)16-8-13-24-11-4-3-5-12-24/h3-15,21,28H,16-20H2,1-2H3. The van der Waals surface area contributed by atoms with Crippen LogP contribution in [0.1, 0.15) is 34.1 Å². The van der Waals surface area contributed by atoms with E-state index < -0.39 is 0 Å². The van der Waals surface area contributed by atoms with Gasteiger partial charge in [-0.25, -0.2) is 0 Å². The highest BCUT2D eigenvalue weighted by atomic mass is 16.6. The van der Waals surface area contributed by atoms with E-state index in [2.05, 4.69) is 49.6 Å². The summed E-state index contributed by atoms with van der Waals surface area (Å²) in [5, 5.41) is 24.5. The van der Waals surface area contributed by atoms with Crippen LogP contribution in [0.3, 0.4) is 0 Å². The number of tetrazole rings is 1. The molecule has 1 atom stereocenters. The normalized spacial score (nSPS) is 15.6. The molecule has 1 fully saturated rings. The molecule has 9 nitrogen and oxygen atoms in total. The highest BCUT2D eigenvalue weighted by molar-refractivity contribution is 5.49. The van der Waals surface area contributed by atoms with Gasteiger partial charge in [-0.2, -0.15) is 4.68 Å². The Kier molecular flexibility index (Phi) is 7.67. The third-order valence-corrected chi connectivity index (χ3v) is 7.03. The number of hydrogen-bond acceptors (Lipinski definition) is 7. The molecule has 5 rings (SSSR count). The zero-order valence-corrected chi connectivity index (χ0v) is 21.6. The largest absolute Gasteiger partial charge is 0.297 e. The molecule has 194 valence electrons. The van der Waals surface area contributed by atoms with Crippen LogP contribution in [0.25, 0.3) is 11.8 Å². The lowest BCUT2D eigenvalue weighted by Crippen LogP contribution is -2.48. The maximum Gasteiger partial charge on any atom is 0.269 e. The zero-order valence-electron chi connectivity index (χ0n) is 21.6. The Balaban J connectivity index is 1.43. The SMILES string of the molecule is Cc1cccc(C)c1-n1nnnc1C(c1cccc([N+](=O)[O-])c1)N1CCN(CC=Cc2ccccc2)CC1. The highest BCUT2D eigenvalue weighted by Crippen LogP contribution is 2.32. The lowest BCUT2D eigenvalue weighted by atomic mass is 10.0. The fourth-order valence-electron chi connectivity index (χ4n) is 5.10. The summed E-state index contributed by atoms with van der Waals surface area (Å²) < 4.78 is 1.79. The third-order valence-electron chi connectivity index (χ3n) is 7.03. The molecule has 1 aliphatic heterocycles. The summed E-state index contributed by atoms with van der Waals surface area (Å²) in [6.45, 7) is 8.25. The fourth-order valence-corrected chi connectivity index (χ4v) is 5.10. The van der Waals surface area contributed by atoms with Gasteiger partial charge in [0.05, 0.1) is 16.7 Å². The molecule has 0 N–H and O–H groups in total. The van der Waals surface area contributed by atoms with Crippen molar-refractivity contribution in [1.29, 1.82) is 0 Å². The number of non-ortho nitro benzene ring substituents is 1. The van der Waals surface area contributed by atoms with Gasteiger partial charge in [-0.1, -0.05) is 72.8 Å². The summed E-state index contributed by atoms with van der Waals surface area (Å²) in [5.41, 5.74) is 5.11. The summed E-state index contributed by atoms with van der Waals surface area (Å²) in [6, 6.07) is 22.9. The summed E-state index contributed by atoms with van der Waals surface area (Å²) >= 11 is 0. The maximum atomic E-state index is 11.6. The van der Waals surface area contributed by atoms with Crippen molar-refractivity contribution in [2.24, 2.45) is 0 Å². The van der Waals surface area contributed by atoms with Crippen LogP contribution in [0.15, 0.2) is 78.9 Å². The van der Waals surface area contributed by atoms with Crippen molar-refractivity contribution in [1.82, 2.24) is 30.0 Å². The Hall–Kier alpha value is -4.21. The molecule has 4 aromatic rings. The second-order valence-corrected chi connectivity index (χ2v) is 9.59. The average molecular weight is 510 g/mol. The highest BCUT2D eigenvalue weighted by Gasteiger charge is 2.32. The summed E-state index contributed by atoms with van der Waals surface area (Å²) in [7, 11) is 0. The van der Waals surface area contributed by atoms with E-state index in [4.69, 9.17) is 0 Å². The Morgan fingerprint density at radius 3 is 2.37 bits per heavy atom. The van der Waals surface area contributed by atoms with Crippen LogP contribution in [0.4, 0.5) is 5.69 Å². The van der Waals surface area contributed by atoms with Crippen LogP contribution in [-0.4, -0.2) is 67.7 Å². The summed E-state index contributed by atoms with van der Waals surface area (Å²) in [4.78, 5) is 16.0. The van der Waals surface area contributed by atoms with Crippen LogP contribution < -0.4 is 0 Å². The predicted octanol–water partition coefficient (Wildman–Crippen LogP) is 4.61. The van der Waals surface area contributed by atoms with Gasteiger partial charge in [-0.05, 0) is 46.5 Å². The molecular weight excluding hydrogens is 478 g/mol. The minimum absolute atomic E-state index is 0.0586. The molecule has 2 heterocycles. The van der Waals surface area contributed by atoms with Gasteiger partial charge in [0.25, 0.3) is 5.69 Å². The van der Waals surface area contributed by atoms with Gasteiger partial charge in [0.2, 0.25) is 0 Å². The molecule has 9 heteroatoms. The van der Waals surface area contributed by atoms with Gasteiger partial charge in [0.1, 0.15) is 0 Å². The second kappa shape index (κ2) is 11.5. The van der Waals surface area contributed by atoms with Crippen molar-refractivity contribution >= 4 is 11.8 Å². The smallest absolute Gasteiger partial charge is 0.269 e. The van der Waals surface area contributed by atoms with Crippen LogP contribution in [0, 0.1) is 24.0 Å². The Bertz CT molecular complexity index is 1410. The number of para-hydroxylation sites is 1. The van der Waals surface area contributed by atoms with Crippen LogP contribution in [-0.2, 0) is 0 Å². The van der Waals surface area contributed by atoms with E-state index in [1.165, 1.54) is 11.6 Å². The number of rotatable bonds is 8. The van der Waals surface area contributed by atoms with Crippen LogP contribution in [0.5, 0.6) is 0 Å². The number of aromatic nitrogens is 4. The average Bonchev–Trinajstić information content (AvgIpc) is 3.39. The molecule has 38 heavy (non-hydrogen) atoms. The van der Waals surface area contributed by atoms with Gasteiger partial charge >= 0.3 is 0 Å². The topological polar surface area (TPSA) is 93.2 Å². The van der Waals surface area contributed by atoms with Crippen molar-refractivity contribution in [3.63, 3.8) is 0 Å². The van der Waals surface area contributed by atoms with E-state index in [1.54, 1.807) is 16.8 Å². The Morgan fingerprint density at radius 1 is 0.947 bits per heavy atom. The van der Waals surface area contributed by atoms with E-state index >= 15 is 0 Å². The van der Waals surface area contributed by atoms with Crippen LogP contribution in [0.2, 0.25) is 0 Å². The molecule has 1 saturated heterocycles. The molecular formula is C29H31N7O2. The fraction of sp³-hybridized carbons (Fsp3) is 0.276. The van der Waals surface area contributed by atoms with E-state index in [0.29, 0.717) is 5.82 Å². The number of nitrogens with zero attached hydrogens (tertiary/aromatic N) is 7. The molecule has 0 saturated carbocycles. The number of nitro groups is 1. The number of aryl methyl sites for hydroxylation is 2. The number of piperazine rings is 1. The number of hydrogen-bond donors (Lipinski definition) is 0. The van der Waals surface area contributed by atoms with Gasteiger partial charge in [-0.3, -0.25) is 19.9 Å². The molecule has 1 aliphatic rings. The molecule has 0 spiro atoms. The number of benzene rings is 3. The minimum Gasteiger partial charge on any atom is -0.297 e. The molecule has 1 unspecified atom stereocenters. The van der Waals surface area contributed by atoms with Crippen molar-refractivity contribution in [3.05, 3.63) is 117 Å². The van der Waals surface area contributed by atoms with Gasteiger partial charge in [0, 0.05) is 44.9 Å². The summed E-state index contributed by atoms with van der Waals surface area (Å²) in [5.74, 6) is 0.653. The van der Waals surface area contributed by atoms with Crippen molar-refractivity contribution in [2.45, 2.75) is 19.9 Å². The zero-order chi connectivity index (χ0) is 26.5. The van der Waals surface area contributed by atoms with E-state index in [-0.39, 0.29) is 16.7 Å². The Morgan fingerprint density at radius 2 is 1.66 bits per heavy atom. The van der Waals surface area contributed by atoms with Crippen molar-refractivity contribution < 1.29 is 4.92 Å². The Labute approximate surface area is 222 Å². The maximum absolute atomic E-state index is 11.6. The molecule has 0 amide bonds. The first kappa shape index (κ1) is 25.4. The molecule has 0 bridgehead atoms. The predicted molar refractivity (Wildman–Crippen MR) is 147 cm³/mol. The van der Waals surface area contributed by atoms with Gasteiger partial charge in [-0.15, -0.1) is 5.10 Å². The van der Waals surface area contributed by atoms with Gasteiger partial charge in [0.15, 0.2) is 5.82 Å². The first-order valence-electron chi connectivity index (χ1n) is 12.8. The second-order valence-electron chi connectivity index (χ2n) is 9.59. The number of nitro benzene ring substituents is 1. The molecule has 3 aromatic carbocycles. The van der Waals surface area contributed by atoms with E-state index in [9.17, 15) is 10.1 Å². The first-order valence-corrected chi connectivity index (χ1v) is 12.8. The minimum atomic E-state index is -0.355. The first-order chi connectivity index (χ1) is 18.5. The lowest BCUT2D eigenvalue weighted by molar-refractivity contribution is -0.384. The van der Waals surface area contributed by atoms with Crippen molar-refractivity contribution in [3.8, 4) is 5.69 Å². The third kappa shape index (κ3) is 5.53. The van der Waals surface area contributed by atoms with Crippen molar-refractivity contribution in [2.75, 3.05) is 32.7 Å². The molecule has 0 aliphatic carbocycles. The van der Waals surface area contributed by atoms with E-state index in [1.807, 2.05) is 56.3 Å². The van der Waals surface area contributed by atoms with E-state index in [0.717, 1.165) is 55.1 Å². The molecule has 0 radical (unpaired) electrons. The van der Waals surface area contributed by atoms with Crippen LogP contribution >= 0.6 is 0 Å². The lowest BCUT2D eigenvalue weighted by Gasteiger charge is -2.38. The molecule has 1 aromatic heterocycles. The monoisotopic (exact) mass is 509 g/mol. The quantitative estimate of drug-likeness (QED) is 0.253. The van der Waals surface area contributed by atoms with Gasteiger partial charge < -0.3 is 0 Å².